The summed E-state index contributed by atoms with van der Waals surface area (Å²) < 4.78 is 18.8. The second-order valence-corrected chi connectivity index (χ2v) is 5.26. The van der Waals surface area contributed by atoms with Crippen LogP contribution in [0.25, 0.3) is 0 Å². The van der Waals surface area contributed by atoms with E-state index in [1.807, 2.05) is 6.92 Å². The molecule has 2 rings (SSSR count). The molecule has 19 heavy (non-hydrogen) atoms. The lowest BCUT2D eigenvalue weighted by atomic mass is 10.1. The molecule has 0 spiro atoms. The Labute approximate surface area is 115 Å². The van der Waals surface area contributed by atoms with E-state index in [0.717, 1.165) is 17.0 Å². The number of aliphatic hydroxyl groups excluding tert-OH is 1. The average molecular weight is 281 g/mol. The number of halogens is 1. The zero-order chi connectivity index (χ0) is 13.8. The van der Waals surface area contributed by atoms with Crippen LogP contribution in [-0.4, -0.2) is 16.7 Å². The summed E-state index contributed by atoms with van der Waals surface area (Å²) in [6.07, 6.45) is 0.0486. The zero-order valence-corrected chi connectivity index (χ0v) is 11.7. The summed E-state index contributed by atoms with van der Waals surface area (Å²) in [4.78, 5) is 5.33. The van der Waals surface area contributed by atoms with Crippen LogP contribution in [0.15, 0.2) is 23.7 Å². The van der Waals surface area contributed by atoms with E-state index in [2.05, 4.69) is 4.98 Å². The lowest BCUT2D eigenvalue weighted by Gasteiger charge is -2.13. The third-order valence-electron chi connectivity index (χ3n) is 2.86. The smallest absolute Gasteiger partial charge is 0.128 e. The van der Waals surface area contributed by atoms with Gasteiger partial charge in [-0.2, -0.15) is 0 Å². The van der Waals surface area contributed by atoms with E-state index in [0.29, 0.717) is 17.9 Å². The topological polar surface area (TPSA) is 42.4 Å². The van der Waals surface area contributed by atoms with Crippen molar-refractivity contribution >= 4 is 11.3 Å². The van der Waals surface area contributed by atoms with Crippen molar-refractivity contribution in [2.45, 2.75) is 26.4 Å². The van der Waals surface area contributed by atoms with Crippen molar-refractivity contribution in [2.24, 2.45) is 0 Å². The van der Waals surface area contributed by atoms with Gasteiger partial charge in [-0.3, -0.25) is 0 Å². The molecule has 1 heterocycles. The molecule has 1 aromatic heterocycles. The quantitative estimate of drug-likeness (QED) is 0.914. The monoisotopic (exact) mass is 281 g/mol. The Morgan fingerprint density at radius 1 is 1.47 bits per heavy atom. The largest absolute Gasteiger partial charge is 0.493 e. The maximum Gasteiger partial charge on any atom is 0.128 e. The first-order valence-corrected chi connectivity index (χ1v) is 6.95. The van der Waals surface area contributed by atoms with E-state index < -0.39 is 6.10 Å². The Morgan fingerprint density at radius 2 is 2.26 bits per heavy atom. The van der Waals surface area contributed by atoms with Gasteiger partial charge >= 0.3 is 0 Å². The zero-order valence-electron chi connectivity index (χ0n) is 10.9. The first kappa shape index (κ1) is 14.0. The summed E-state index contributed by atoms with van der Waals surface area (Å²) >= 11 is 1.58. The van der Waals surface area contributed by atoms with Gasteiger partial charge in [0.05, 0.1) is 23.9 Å². The summed E-state index contributed by atoms with van der Waals surface area (Å²) in [6, 6.07) is 4.18. The van der Waals surface area contributed by atoms with Gasteiger partial charge in [-0.1, -0.05) is 0 Å². The standard InChI is InChI=1S/C14H16FNO2S/c1-9-14(19-8-16-9)5-6-18-13-7-11(15)3-4-12(13)10(2)17/h3-4,7-8,10,17H,5-6H2,1-2H3/t10-/m1/s1. The maximum atomic E-state index is 13.2. The number of aryl methyl sites for hydroxylation is 1. The third-order valence-corrected chi connectivity index (χ3v) is 3.85. The lowest BCUT2D eigenvalue weighted by Crippen LogP contribution is -2.05. The van der Waals surface area contributed by atoms with Crippen molar-refractivity contribution in [3.8, 4) is 5.75 Å². The Kier molecular flexibility index (Phi) is 4.50. The van der Waals surface area contributed by atoms with Crippen LogP contribution in [0.3, 0.4) is 0 Å². The Bertz CT molecular complexity index is 554. The number of thiazole rings is 1. The molecule has 0 aliphatic heterocycles. The highest BCUT2D eigenvalue weighted by atomic mass is 32.1. The summed E-state index contributed by atoms with van der Waals surface area (Å²) in [5.41, 5.74) is 3.40. The molecule has 5 heteroatoms. The predicted molar refractivity (Wildman–Crippen MR) is 73.1 cm³/mol. The molecule has 1 atom stereocenters. The van der Waals surface area contributed by atoms with Crippen LogP contribution >= 0.6 is 11.3 Å². The Hall–Kier alpha value is -1.46. The second kappa shape index (κ2) is 6.12. The predicted octanol–water partition coefficient (Wildman–Crippen LogP) is 3.27. The van der Waals surface area contributed by atoms with E-state index in [1.54, 1.807) is 29.8 Å². The number of nitrogens with zero attached hydrogens (tertiary/aromatic N) is 1. The first-order chi connectivity index (χ1) is 9.08. The van der Waals surface area contributed by atoms with Crippen LogP contribution in [0.2, 0.25) is 0 Å². The lowest BCUT2D eigenvalue weighted by molar-refractivity contribution is 0.191. The number of aromatic nitrogens is 1. The van der Waals surface area contributed by atoms with Crippen molar-refractivity contribution in [3.05, 3.63) is 45.7 Å². The van der Waals surface area contributed by atoms with Crippen molar-refractivity contribution in [2.75, 3.05) is 6.61 Å². The van der Waals surface area contributed by atoms with Crippen molar-refractivity contribution < 1.29 is 14.2 Å². The first-order valence-electron chi connectivity index (χ1n) is 6.07. The summed E-state index contributed by atoms with van der Waals surface area (Å²) in [6.45, 7) is 4.02. The third kappa shape index (κ3) is 3.52. The molecule has 2 aromatic rings. The molecule has 102 valence electrons. The molecule has 0 amide bonds. The minimum absolute atomic E-state index is 0.367. The number of ether oxygens (including phenoxy) is 1. The minimum Gasteiger partial charge on any atom is -0.493 e. The van der Waals surface area contributed by atoms with Gasteiger partial charge in [-0.05, 0) is 26.0 Å². The molecule has 1 aromatic carbocycles. The molecule has 3 nitrogen and oxygen atoms in total. The van der Waals surface area contributed by atoms with E-state index in [1.165, 1.54) is 12.1 Å². The highest BCUT2D eigenvalue weighted by Crippen LogP contribution is 2.26. The Morgan fingerprint density at radius 3 is 2.89 bits per heavy atom. The molecule has 0 fully saturated rings. The van der Waals surface area contributed by atoms with Gasteiger partial charge in [0.2, 0.25) is 0 Å². The number of benzene rings is 1. The van der Waals surface area contributed by atoms with Gasteiger partial charge in [-0.25, -0.2) is 9.37 Å². The molecular formula is C14H16FNO2S. The normalized spacial score (nSPS) is 12.4. The van der Waals surface area contributed by atoms with Crippen LogP contribution in [0.5, 0.6) is 5.75 Å². The van der Waals surface area contributed by atoms with Crippen molar-refractivity contribution in [1.82, 2.24) is 4.98 Å². The fraction of sp³-hybridized carbons (Fsp3) is 0.357. The number of hydrogen-bond acceptors (Lipinski definition) is 4. The highest BCUT2D eigenvalue weighted by Gasteiger charge is 2.11. The maximum absolute atomic E-state index is 13.2. The number of hydrogen-bond donors (Lipinski definition) is 1. The van der Waals surface area contributed by atoms with Crippen LogP contribution in [0.1, 0.15) is 29.2 Å². The number of aliphatic hydroxyl groups is 1. The van der Waals surface area contributed by atoms with Crippen LogP contribution in [0, 0.1) is 12.7 Å². The molecule has 0 aliphatic rings. The SMILES string of the molecule is Cc1ncsc1CCOc1cc(F)ccc1[C@@H](C)O. The van der Waals surface area contributed by atoms with E-state index in [9.17, 15) is 9.50 Å². The van der Waals surface area contributed by atoms with E-state index >= 15 is 0 Å². The molecule has 0 bridgehead atoms. The molecule has 0 unspecified atom stereocenters. The van der Waals surface area contributed by atoms with Crippen molar-refractivity contribution in [3.63, 3.8) is 0 Å². The Balaban J connectivity index is 2.03. The fourth-order valence-electron chi connectivity index (χ4n) is 1.80. The van der Waals surface area contributed by atoms with E-state index in [-0.39, 0.29) is 5.82 Å². The van der Waals surface area contributed by atoms with Gasteiger partial charge < -0.3 is 9.84 Å². The highest BCUT2D eigenvalue weighted by molar-refractivity contribution is 7.09. The average Bonchev–Trinajstić information content (AvgIpc) is 2.75. The van der Waals surface area contributed by atoms with Gasteiger partial charge in [-0.15, -0.1) is 11.3 Å². The van der Waals surface area contributed by atoms with E-state index in [4.69, 9.17) is 4.74 Å². The molecular weight excluding hydrogens is 265 g/mol. The molecule has 0 saturated heterocycles. The van der Waals surface area contributed by atoms with Crippen LogP contribution in [-0.2, 0) is 6.42 Å². The van der Waals surface area contributed by atoms with Crippen molar-refractivity contribution in [1.29, 1.82) is 0 Å². The van der Waals surface area contributed by atoms with Gasteiger partial charge in [0.1, 0.15) is 11.6 Å². The summed E-state index contributed by atoms with van der Waals surface area (Å²) in [5.74, 6) is 0.0329. The minimum atomic E-state index is -0.680. The number of rotatable bonds is 5. The van der Waals surface area contributed by atoms with Gasteiger partial charge in [0.25, 0.3) is 0 Å². The second-order valence-electron chi connectivity index (χ2n) is 4.32. The molecule has 1 N–H and O–H groups in total. The molecule has 0 saturated carbocycles. The van der Waals surface area contributed by atoms with Gasteiger partial charge in [0.15, 0.2) is 0 Å². The van der Waals surface area contributed by atoms with Crippen LogP contribution < -0.4 is 4.74 Å². The summed E-state index contributed by atoms with van der Waals surface area (Å²) in [5, 5.41) is 9.61. The van der Waals surface area contributed by atoms with Crippen LogP contribution in [0.4, 0.5) is 4.39 Å². The molecule has 0 radical (unpaired) electrons. The van der Waals surface area contributed by atoms with Gasteiger partial charge in [0, 0.05) is 22.9 Å². The molecule has 0 aliphatic carbocycles. The fourth-order valence-corrected chi connectivity index (χ4v) is 2.56. The summed E-state index contributed by atoms with van der Waals surface area (Å²) in [7, 11) is 0.